The number of halogens is 4. The molecular formula is C12H14ClF3N2O. The molecule has 1 N–H and O–H groups in total. The smallest absolute Gasteiger partial charge is 0.346 e. The van der Waals surface area contributed by atoms with Gasteiger partial charge in [0.25, 0.3) is 5.91 Å². The Bertz CT molecular complexity index is 443. The Balaban J connectivity index is 2.79. The molecule has 1 heterocycles. The van der Waals surface area contributed by atoms with Gasteiger partial charge in [0, 0.05) is 17.6 Å². The molecule has 0 aliphatic rings. The van der Waals surface area contributed by atoms with E-state index in [9.17, 15) is 18.0 Å². The number of amides is 1. The predicted octanol–water partition coefficient (Wildman–Crippen LogP) is 3.24. The fourth-order valence-electron chi connectivity index (χ4n) is 1.37. The normalized spacial score (nSPS) is 12.3. The molecule has 0 atom stereocenters. The zero-order valence-corrected chi connectivity index (χ0v) is 11.3. The van der Waals surface area contributed by atoms with Crippen molar-refractivity contribution >= 4 is 17.5 Å². The average molecular weight is 295 g/mol. The van der Waals surface area contributed by atoms with E-state index in [-0.39, 0.29) is 5.69 Å². The second-order valence-electron chi connectivity index (χ2n) is 4.71. The molecule has 0 aliphatic carbocycles. The highest BCUT2D eigenvalue weighted by atomic mass is 35.5. The lowest BCUT2D eigenvalue weighted by molar-refractivity contribution is -0.137. The lowest BCUT2D eigenvalue weighted by Gasteiger charge is -2.25. The monoisotopic (exact) mass is 294 g/mol. The minimum absolute atomic E-state index is 0.0596. The van der Waals surface area contributed by atoms with Gasteiger partial charge in [0.1, 0.15) is 5.69 Å². The van der Waals surface area contributed by atoms with Gasteiger partial charge in [0.05, 0.1) is 5.56 Å². The molecule has 0 fully saturated rings. The molecule has 0 unspecified atom stereocenters. The molecular weight excluding hydrogens is 281 g/mol. The van der Waals surface area contributed by atoms with Crippen LogP contribution in [0.4, 0.5) is 13.2 Å². The van der Waals surface area contributed by atoms with Gasteiger partial charge in [-0.15, -0.1) is 11.6 Å². The van der Waals surface area contributed by atoms with E-state index >= 15 is 0 Å². The van der Waals surface area contributed by atoms with Crippen LogP contribution in [0.1, 0.15) is 36.3 Å². The van der Waals surface area contributed by atoms with Gasteiger partial charge < -0.3 is 5.32 Å². The van der Waals surface area contributed by atoms with Gasteiger partial charge in [-0.05, 0) is 32.4 Å². The summed E-state index contributed by atoms with van der Waals surface area (Å²) < 4.78 is 37.0. The van der Waals surface area contributed by atoms with Crippen LogP contribution in [-0.2, 0) is 6.18 Å². The highest BCUT2D eigenvalue weighted by molar-refractivity contribution is 6.17. The van der Waals surface area contributed by atoms with E-state index in [1.807, 2.05) is 0 Å². The number of hydrogen-bond acceptors (Lipinski definition) is 2. The lowest BCUT2D eigenvalue weighted by Crippen LogP contribution is -2.44. The summed E-state index contributed by atoms with van der Waals surface area (Å²) in [6, 6.07) is 1.88. The number of pyridine rings is 1. The summed E-state index contributed by atoms with van der Waals surface area (Å²) in [5, 5.41) is 2.66. The zero-order valence-electron chi connectivity index (χ0n) is 10.5. The minimum atomic E-state index is -4.46. The van der Waals surface area contributed by atoms with Crippen molar-refractivity contribution in [1.82, 2.24) is 10.3 Å². The van der Waals surface area contributed by atoms with E-state index in [1.165, 1.54) is 0 Å². The van der Waals surface area contributed by atoms with Gasteiger partial charge in [0.2, 0.25) is 0 Å². The van der Waals surface area contributed by atoms with Crippen LogP contribution in [0.15, 0.2) is 18.3 Å². The number of nitrogens with zero attached hydrogens (tertiary/aromatic N) is 1. The Morgan fingerprint density at radius 2 is 2.00 bits per heavy atom. The predicted molar refractivity (Wildman–Crippen MR) is 66.1 cm³/mol. The van der Waals surface area contributed by atoms with Crippen LogP contribution in [0.2, 0.25) is 0 Å². The lowest BCUT2D eigenvalue weighted by atomic mass is 10.0. The molecule has 1 aromatic heterocycles. The SMILES string of the molecule is CC(C)(CCCl)NC(=O)c1ccc(C(F)(F)F)cn1. The van der Waals surface area contributed by atoms with Crippen molar-refractivity contribution in [3.8, 4) is 0 Å². The molecule has 0 radical (unpaired) electrons. The Labute approximate surface area is 114 Å². The highest BCUT2D eigenvalue weighted by Crippen LogP contribution is 2.28. The zero-order chi connectivity index (χ0) is 14.7. The first kappa shape index (κ1) is 15.8. The molecule has 19 heavy (non-hydrogen) atoms. The summed E-state index contributed by atoms with van der Waals surface area (Å²) in [6.07, 6.45) is -3.27. The molecule has 0 bridgehead atoms. The number of nitrogens with one attached hydrogen (secondary N) is 1. The van der Waals surface area contributed by atoms with E-state index in [2.05, 4.69) is 10.3 Å². The average Bonchev–Trinajstić information content (AvgIpc) is 2.27. The van der Waals surface area contributed by atoms with Crippen LogP contribution in [0.3, 0.4) is 0 Å². The quantitative estimate of drug-likeness (QED) is 0.866. The van der Waals surface area contributed by atoms with Crippen LogP contribution >= 0.6 is 11.6 Å². The molecule has 1 amide bonds. The molecule has 0 saturated carbocycles. The molecule has 1 aromatic rings. The highest BCUT2D eigenvalue weighted by Gasteiger charge is 2.31. The third kappa shape index (κ3) is 4.70. The van der Waals surface area contributed by atoms with Crippen molar-refractivity contribution in [3.05, 3.63) is 29.6 Å². The standard InChI is InChI=1S/C12H14ClF3N2O/c1-11(2,5-6-13)18-10(19)9-4-3-8(7-17-9)12(14,15)16/h3-4,7H,5-6H2,1-2H3,(H,18,19). The third-order valence-corrected chi connectivity index (χ3v) is 2.68. The summed E-state index contributed by atoms with van der Waals surface area (Å²) in [4.78, 5) is 15.3. The van der Waals surface area contributed by atoms with E-state index in [0.717, 1.165) is 12.1 Å². The largest absolute Gasteiger partial charge is 0.417 e. The maximum absolute atomic E-state index is 12.3. The first-order chi connectivity index (χ1) is 8.65. The van der Waals surface area contributed by atoms with Gasteiger partial charge >= 0.3 is 6.18 Å². The van der Waals surface area contributed by atoms with Gasteiger partial charge in [-0.2, -0.15) is 13.2 Å². The maximum atomic E-state index is 12.3. The van der Waals surface area contributed by atoms with E-state index in [0.29, 0.717) is 18.5 Å². The summed E-state index contributed by atoms with van der Waals surface area (Å²) >= 11 is 5.59. The Kier molecular flexibility index (Phi) is 4.79. The van der Waals surface area contributed by atoms with Crippen molar-refractivity contribution in [1.29, 1.82) is 0 Å². The number of carbonyl (C=O) groups is 1. The van der Waals surface area contributed by atoms with Crippen molar-refractivity contribution in [2.24, 2.45) is 0 Å². The molecule has 0 aliphatic heterocycles. The molecule has 106 valence electrons. The molecule has 3 nitrogen and oxygen atoms in total. The Morgan fingerprint density at radius 1 is 1.37 bits per heavy atom. The van der Waals surface area contributed by atoms with Crippen LogP contribution in [0, 0.1) is 0 Å². The number of alkyl halides is 4. The summed E-state index contributed by atoms with van der Waals surface area (Å²) in [5.74, 6) is -0.155. The van der Waals surface area contributed by atoms with Crippen LogP contribution in [0.5, 0.6) is 0 Å². The third-order valence-electron chi connectivity index (χ3n) is 2.49. The minimum Gasteiger partial charge on any atom is -0.346 e. The molecule has 0 spiro atoms. The van der Waals surface area contributed by atoms with Gasteiger partial charge in [0.15, 0.2) is 0 Å². The topological polar surface area (TPSA) is 42.0 Å². The number of aromatic nitrogens is 1. The van der Waals surface area contributed by atoms with Gasteiger partial charge in [-0.3, -0.25) is 9.78 Å². The summed E-state index contributed by atoms with van der Waals surface area (Å²) in [5.41, 5.74) is -1.48. The van der Waals surface area contributed by atoms with Crippen molar-refractivity contribution in [2.75, 3.05) is 5.88 Å². The van der Waals surface area contributed by atoms with E-state index < -0.39 is 23.2 Å². The fourth-order valence-corrected chi connectivity index (χ4v) is 1.84. The van der Waals surface area contributed by atoms with Crippen molar-refractivity contribution < 1.29 is 18.0 Å². The van der Waals surface area contributed by atoms with Crippen molar-refractivity contribution in [3.63, 3.8) is 0 Å². The fraction of sp³-hybridized carbons (Fsp3) is 0.500. The first-order valence-electron chi connectivity index (χ1n) is 5.57. The van der Waals surface area contributed by atoms with Crippen molar-refractivity contribution in [2.45, 2.75) is 32.0 Å². The van der Waals surface area contributed by atoms with E-state index in [4.69, 9.17) is 11.6 Å². The molecule has 1 rings (SSSR count). The summed E-state index contributed by atoms with van der Waals surface area (Å²) in [6.45, 7) is 3.55. The van der Waals surface area contributed by atoms with Crippen LogP contribution < -0.4 is 5.32 Å². The molecule has 7 heteroatoms. The van der Waals surface area contributed by atoms with Gasteiger partial charge in [-0.1, -0.05) is 0 Å². The van der Waals surface area contributed by atoms with Crippen LogP contribution in [-0.4, -0.2) is 22.3 Å². The van der Waals surface area contributed by atoms with Gasteiger partial charge in [-0.25, -0.2) is 0 Å². The summed E-state index contributed by atoms with van der Waals surface area (Å²) in [7, 11) is 0. The number of hydrogen-bond donors (Lipinski definition) is 1. The Morgan fingerprint density at radius 3 is 2.42 bits per heavy atom. The maximum Gasteiger partial charge on any atom is 0.417 e. The second-order valence-corrected chi connectivity index (χ2v) is 5.08. The van der Waals surface area contributed by atoms with E-state index in [1.54, 1.807) is 13.8 Å². The van der Waals surface area contributed by atoms with Crippen LogP contribution in [0.25, 0.3) is 0 Å². The first-order valence-corrected chi connectivity index (χ1v) is 6.11. The number of carbonyl (C=O) groups excluding carboxylic acids is 1. The molecule has 0 saturated heterocycles. The molecule has 0 aromatic carbocycles. The second kappa shape index (κ2) is 5.77. The number of rotatable bonds is 4. The Hall–Kier alpha value is -1.30.